The van der Waals surface area contributed by atoms with Crippen LogP contribution >= 0.6 is 23.1 Å². The van der Waals surface area contributed by atoms with E-state index < -0.39 is 5.76 Å². The number of rotatable bonds is 6. The second kappa shape index (κ2) is 7.75. The minimum atomic E-state index is -2.61. The molecule has 0 saturated carbocycles. The largest absolute Gasteiger partial charge is 0.338 e. The number of hydrogen-bond acceptors (Lipinski definition) is 5. The Morgan fingerprint density at radius 2 is 2.03 bits per heavy atom. The molecule has 4 rings (SSSR count). The third-order valence-corrected chi connectivity index (χ3v) is 6.26. The molecule has 3 aromatic heterocycles. The molecule has 3 heterocycles. The number of hydrogen-bond donors (Lipinski definition) is 0. The fourth-order valence-corrected chi connectivity index (χ4v) is 4.73. The zero-order valence-corrected chi connectivity index (χ0v) is 17.7. The van der Waals surface area contributed by atoms with Crippen LogP contribution in [0.15, 0.2) is 35.6 Å². The van der Waals surface area contributed by atoms with Gasteiger partial charge in [-0.15, -0.1) is 11.3 Å². The van der Waals surface area contributed by atoms with E-state index in [1.807, 2.05) is 24.4 Å². The van der Waals surface area contributed by atoms with E-state index in [1.54, 1.807) is 52.1 Å². The number of carbonyl (C=O) groups is 1. The predicted octanol–water partition coefficient (Wildman–Crippen LogP) is 4.34. The number of amides is 1. The van der Waals surface area contributed by atoms with Crippen molar-refractivity contribution in [1.82, 2.24) is 23.8 Å². The van der Waals surface area contributed by atoms with Crippen LogP contribution in [0.2, 0.25) is 0 Å². The standard InChI is InChI=1S/C19H19F2N5OS2/c1-11-8-25-15(12(2)22-18(25)28-11)9-24(3)16(27)10-26-14-7-5-4-6-13(14)23-19(26)29-17(20)21/h4-8,17H,9-10H2,1-3H3. The number of thioether (sulfide) groups is 1. The summed E-state index contributed by atoms with van der Waals surface area (Å²) in [6.45, 7) is 4.25. The molecule has 10 heteroatoms. The normalized spacial score (nSPS) is 11.8. The van der Waals surface area contributed by atoms with Gasteiger partial charge in [0.25, 0.3) is 5.76 Å². The molecule has 4 aromatic rings. The van der Waals surface area contributed by atoms with Crippen LogP contribution in [0.4, 0.5) is 8.78 Å². The zero-order valence-electron chi connectivity index (χ0n) is 16.1. The lowest BCUT2D eigenvalue weighted by atomic mass is 10.3. The number of halogens is 2. The van der Waals surface area contributed by atoms with E-state index in [2.05, 4.69) is 9.97 Å². The minimum absolute atomic E-state index is 0.0598. The molecule has 0 atom stereocenters. The lowest BCUT2D eigenvalue weighted by Crippen LogP contribution is -2.30. The highest BCUT2D eigenvalue weighted by atomic mass is 32.2. The summed E-state index contributed by atoms with van der Waals surface area (Å²) in [5, 5.41) is 0.138. The molecule has 0 aliphatic carbocycles. The molecule has 0 fully saturated rings. The molecular weight excluding hydrogens is 416 g/mol. The second-order valence-corrected chi connectivity index (χ2v) is 8.91. The van der Waals surface area contributed by atoms with Gasteiger partial charge in [0.1, 0.15) is 6.54 Å². The second-order valence-electron chi connectivity index (χ2n) is 6.74. The smallest absolute Gasteiger partial charge is 0.291 e. The molecule has 0 aliphatic heterocycles. The summed E-state index contributed by atoms with van der Waals surface area (Å²) in [4.78, 5) is 25.4. The number of carbonyl (C=O) groups excluding carboxylic acids is 1. The number of likely N-dealkylation sites (N-methyl/N-ethyl adjacent to an activating group) is 1. The van der Waals surface area contributed by atoms with E-state index in [0.29, 0.717) is 29.3 Å². The van der Waals surface area contributed by atoms with E-state index in [1.165, 1.54) is 0 Å². The minimum Gasteiger partial charge on any atom is -0.338 e. The highest BCUT2D eigenvalue weighted by Crippen LogP contribution is 2.29. The first-order valence-electron chi connectivity index (χ1n) is 8.91. The quantitative estimate of drug-likeness (QED) is 0.423. The lowest BCUT2D eigenvalue weighted by Gasteiger charge is -2.18. The van der Waals surface area contributed by atoms with E-state index in [-0.39, 0.29) is 17.6 Å². The van der Waals surface area contributed by atoms with Crippen molar-refractivity contribution in [2.45, 2.75) is 37.9 Å². The summed E-state index contributed by atoms with van der Waals surface area (Å²) in [7, 11) is 1.71. The third kappa shape index (κ3) is 3.86. The zero-order chi connectivity index (χ0) is 20.7. The van der Waals surface area contributed by atoms with Crippen molar-refractivity contribution in [1.29, 1.82) is 0 Å². The summed E-state index contributed by atoms with van der Waals surface area (Å²) >= 11 is 1.95. The number of aryl methyl sites for hydroxylation is 2. The number of nitrogens with zero attached hydrogens (tertiary/aromatic N) is 5. The molecule has 0 aliphatic rings. The van der Waals surface area contributed by atoms with Crippen molar-refractivity contribution < 1.29 is 13.6 Å². The maximum absolute atomic E-state index is 13.0. The van der Waals surface area contributed by atoms with Gasteiger partial charge in [0.05, 0.1) is 29.0 Å². The number of imidazole rings is 2. The van der Waals surface area contributed by atoms with Crippen LogP contribution < -0.4 is 0 Å². The SMILES string of the molecule is Cc1cn2c(CN(C)C(=O)Cn3c(SC(F)F)nc4ccccc43)c(C)nc2s1. The van der Waals surface area contributed by atoms with Crippen molar-refractivity contribution in [2.24, 2.45) is 0 Å². The lowest BCUT2D eigenvalue weighted by molar-refractivity contribution is -0.131. The number of fused-ring (bicyclic) bond motifs is 2. The molecule has 152 valence electrons. The molecule has 1 amide bonds. The van der Waals surface area contributed by atoms with Crippen molar-refractivity contribution in [3.05, 3.63) is 46.7 Å². The van der Waals surface area contributed by atoms with Crippen LogP contribution in [0, 0.1) is 13.8 Å². The molecule has 0 unspecified atom stereocenters. The predicted molar refractivity (Wildman–Crippen MR) is 111 cm³/mol. The Morgan fingerprint density at radius 1 is 1.28 bits per heavy atom. The van der Waals surface area contributed by atoms with Gasteiger partial charge in [0.2, 0.25) is 5.91 Å². The molecular formula is C19H19F2N5OS2. The van der Waals surface area contributed by atoms with Crippen LogP contribution in [0.1, 0.15) is 16.3 Å². The summed E-state index contributed by atoms with van der Waals surface area (Å²) in [6, 6.07) is 7.13. The molecule has 0 spiro atoms. The Labute approximate surface area is 174 Å². The average Bonchev–Trinajstić information content (AvgIpc) is 3.27. The molecule has 0 bridgehead atoms. The number of thiazole rings is 1. The van der Waals surface area contributed by atoms with Crippen LogP contribution in [0.25, 0.3) is 16.0 Å². The number of alkyl halides is 2. The van der Waals surface area contributed by atoms with E-state index in [4.69, 9.17) is 0 Å². The maximum Gasteiger partial charge on any atom is 0.291 e. The van der Waals surface area contributed by atoms with Gasteiger partial charge >= 0.3 is 0 Å². The topological polar surface area (TPSA) is 55.4 Å². The Kier molecular flexibility index (Phi) is 5.30. The Bertz CT molecular complexity index is 1200. The van der Waals surface area contributed by atoms with Crippen molar-refractivity contribution in [3.8, 4) is 0 Å². The fourth-order valence-electron chi connectivity index (χ4n) is 3.24. The first kappa shape index (κ1) is 19.8. The molecule has 0 saturated heterocycles. The highest BCUT2D eigenvalue weighted by molar-refractivity contribution is 7.99. The highest BCUT2D eigenvalue weighted by Gasteiger charge is 2.21. The van der Waals surface area contributed by atoms with Crippen LogP contribution in [0.3, 0.4) is 0 Å². The van der Waals surface area contributed by atoms with Crippen LogP contribution in [0.5, 0.6) is 0 Å². The summed E-state index contributed by atoms with van der Waals surface area (Å²) < 4.78 is 29.5. The van der Waals surface area contributed by atoms with E-state index in [0.717, 1.165) is 21.2 Å². The molecule has 0 N–H and O–H groups in total. The average molecular weight is 436 g/mol. The van der Waals surface area contributed by atoms with Gasteiger partial charge in [-0.1, -0.05) is 12.1 Å². The number of aromatic nitrogens is 4. The van der Waals surface area contributed by atoms with Gasteiger partial charge in [-0.05, 0) is 37.7 Å². The van der Waals surface area contributed by atoms with Gasteiger partial charge in [-0.2, -0.15) is 8.78 Å². The van der Waals surface area contributed by atoms with Gasteiger partial charge < -0.3 is 9.47 Å². The maximum atomic E-state index is 13.0. The van der Waals surface area contributed by atoms with Gasteiger partial charge in [-0.25, -0.2) is 9.97 Å². The van der Waals surface area contributed by atoms with Gasteiger partial charge in [0, 0.05) is 18.1 Å². The first-order valence-corrected chi connectivity index (χ1v) is 10.6. The van der Waals surface area contributed by atoms with Crippen LogP contribution in [-0.2, 0) is 17.9 Å². The summed E-state index contributed by atoms with van der Waals surface area (Å²) in [5.41, 5.74) is 3.07. The van der Waals surface area contributed by atoms with Crippen LogP contribution in [-0.4, -0.2) is 42.5 Å². The number of benzene rings is 1. The molecule has 29 heavy (non-hydrogen) atoms. The molecule has 1 aromatic carbocycles. The van der Waals surface area contributed by atoms with E-state index in [9.17, 15) is 13.6 Å². The van der Waals surface area contributed by atoms with Gasteiger partial charge in [-0.3, -0.25) is 9.20 Å². The monoisotopic (exact) mass is 435 g/mol. The first-order chi connectivity index (χ1) is 13.8. The summed E-state index contributed by atoms with van der Waals surface area (Å²) in [5.74, 6) is -2.80. The third-order valence-electron chi connectivity index (χ3n) is 4.66. The van der Waals surface area contributed by atoms with Crippen molar-refractivity contribution in [3.63, 3.8) is 0 Å². The molecule has 0 radical (unpaired) electrons. The van der Waals surface area contributed by atoms with Crippen molar-refractivity contribution in [2.75, 3.05) is 7.05 Å². The Balaban J connectivity index is 1.59. The van der Waals surface area contributed by atoms with Gasteiger partial charge in [0.15, 0.2) is 10.1 Å². The Morgan fingerprint density at radius 3 is 2.79 bits per heavy atom. The van der Waals surface area contributed by atoms with E-state index >= 15 is 0 Å². The fraction of sp³-hybridized carbons (Fsp3) is 0.316. The number of para-hydroxylation sites is 2. The summed E-state index contributed by atoms with van der Waals surface area (Å²) in [6.07, 6.45) is 2.01. The van der Waals surface area contributed by atoms with Crippen molar-refractivity contribution >= 4 is 45.0 Å². The Hall–Kier alpha value is -2.46. The molecule has 6 nitrogen and oxygen atoms in total.